The Morgan fingerprint density at radius 3 is 2.46 bits per heavy atom. The van der Waals surface area contributed by atoms with Crippen LogP contribution in [0.25, 0.3) is 0 Å². The van der Waals surface area contributed by atoms with E-state index in [0.717, 1.165) is 9.87 Å². The second-order valence-corrected chi connectivity index (χ2v) is 10.4. The van der Waals surface area contributed by atoms with E-state index in [4.69, 9.17) is 4.74 Å². The lowest BCUT2D eigenvalue weighted by molar-refractivity contribution is -0.141. The third-order valence-corrected chi connectivity index (χ3v) is 7.59. The molecular formula is C25H31N3O6S. The van der Waals surface area contributed by atoms with Crippen molar-refractivity contribution >= 4 is 27.7 Å². The number of carbonyl (C=O) groups excluding carboxylic acids is 3. The quantitative estimate of drug-likeness (QED) is 0.535. The van der Waals surface area contributed by atoms with Gasteiger partial charge in [-0.05, 0) is 50.1 Å². The first-order chi connectivity index (χ1) is 16.6. The van der Waals surface area contributed by atoms with Crippen molar-refractivity contribution in [2.75, 3.05) is 13.7 Å². The highest BCUT2D eigenvalue weighted by molar-refractivity contribution is 7.90. The number of ether oxygens (including phenoxy) is 1. The standard InChI is InChI=1S/C25H31N3O6S/c1-5-21(24(30)26-17(2)3)27(16-18-9-8-10-19(15-18)34-4)23(29)13-14-28-25(31)20-11-6-7-12-22(20)35(28,32)33/h6-12,15,17,21H,5,13-14,16H2,1-4H3,(H,26,30)/t21-/m0/s1. The summed E-state index contributed by atoms with van der Waals surface area (Å²) in [6, 6.07) is 12.3. The van der Waals surface area contributed by atoms with E-state index in [9.17, 15) is 22.8 Å². The third-order valence-electron chi connectivity index (χ3n) is 5.74. The van der Waals surface area contributed by atoms with E-state index in [1.54, 1.807) is 37.4 Å². The predicted molar refractivity (Wildman–Crippen MR) is 130 cm³/mol. The van der Waals surface area contributed by atoms with Crippen LogP contribution in [0.4, 0.5) is 0 Å². The van der Waals surface area contributed by atoms with Crippen molar-refractivity contribution in [1.29, 1.82) is 0 Å². The van der Waals surface area contributed by atoms with E-state index in [1.165, 1.54) is 17.0 Å². The first-order valence-corrected chi connectivity index (χ1v) is 12.9. The molecule has 0 bridgehead atoms. The van der Waals surface area contributed by atoms with E-state index < -0.39 is 27.9 Å². The van der Waals surface area contributed by atoms with Crippen LogP contribution in [0, 0.1) is 0 Å². The topological polar surface area (TPSA) is 113 Å². The summed E-state index contributed by atoms with van der Waals surface area (Å²) in [5.74, 6) is -0.771. The SMILES string of the molecule is CC[C@@H](C(=O)NC(C)C)N(Cc1cccc(OC)c1)C(=O)CCN1C(=O)c2ccccc2S1(=O)=O. The minimum atomic E-state index is -4.03. The summed E-state index contributed by atoms with van der Waals surface area (Å²) in [4.78, 5) is 40.4. The molecule has 9 nitrogen and oxygen atoms in total. The van der Waals surface area contributed by atoms with Gasteiger partial charge < -0.3 is 15.0 Å². The molecule has 2 aromatic carbocycles. The molecule has 1 aliphatic rings. The van der Waals surface area contributed by atoms with Gasteiger partial charge in [0.15, 0.2) is 0 Å². The number of hydrogen-bond acceptors (Lipinski definition) is 6. The Morgan fingerprint density at radius 2 is 1.83 bits per heavy atom. The molecule has 10 heteroatoms. The third kappa shape index (κ3) is 5.64. The van der Waals surface area contributed by atoms with Gasteiger partial charge in [-0.1, -0.05) is 31.2 Å². The maximum Gasteiger partial charge on any atom is 0.269 e. The van der Waals surface area contributed by atoms with Crippen molar-refractivity contribution in [3.8, 4) is 5.75 Å². The maximum absolute atomic E-state index is 13.4. The Labute approximate surface area is 206 Å². The molecule has 35 heavy (non-hydrogen) atoms. The number of carbonyl (C=O) groups is 3. The van der Waals surface area contributed by atoms with Crippen LogP contribution >= 0.6 is 0 Å². The van der Waals surface area contributed by atoms with Crippen LogP contribution < -0.4 is 10.1 Å². The number of nitrogens with zero attached hydrogens (tertiary/aromatic N) is 2. The maximum atomic E-state index is 13.4. The molecule has 0 fully saturated rings. The average molecular weight is 502 g/mol. The lowest BCUT2D eigenvalue weighted by Crippen LogP contribution is -2.51. The molecule has 0 saturated heterocycles. The summed E-state index contributed by atoms with van der Waals surface area (Å²) in [7, 11) is -2.49. The van der Waals surface area contributed by atoms with Crippen molar-refractivity contribution in [2.45, 2.75) is 57.1 Å². The van der Waals surface area contributed by atoms with Gasteiger partial charge >= 0.3 is 0 Å². The van der Waals surface area contributed by atoms with Crippen LogP contribution in [0.2, 0.25) is 0 Å². The lowest BCUT2D eigenvalue weighted by atomic mass is 10.1. The number of hydrogen-bond donors (Lipinski definition) is 1. The molecule has 3 amide bonds. The molecule has 0 unspecified atom stereocenters. The largest absolute Gasteiger partial charge is 0.497 e. The summed E-state index contributed by atoms with van der Waals surface area (Å²) in [5.41, 5.74) is 0.849. The van der Waals surface area contributed by atoms with Gasteiger partial charge in [-0.25, -0.2) is 12.7 Å². The van der Waals surface area contributed by atoms with E-state index in [-0.39, 0.29) is 41.9 Å². The summed E-state index contributed by atoms with van der Waals surface area (Å²) in [6.07, 6.45) is 0.106. The second kappa shape index (κ2) is 10.9. The highest BCUT2D eigenvalue weighted by Gasteiger charge is 2.41. The highest BCUT2D eigenvalue weighted by Crippen LogP contribution is 2.30. The van der Waals surface area contributed by atoms with Crippen molar-refractivity contribution in [3.05, 3.63) is 59.7 Å². The Kier molecular flexibility index (Phi) is 8.16. The number of amides is 3. The molecule has 0 saturated carbocycles. The summed E-state index contributed by atoms with van der Waals surface area (Å²) < 4.78 is 31.7. The molecule has 0 aliphatic carbocycles. The second-order valence-electron chi connectivity index (χ2n) is 8.59. The van der Waals surface area contributed by atoms with Gasteiger partial charge in [0.05, 0.1) is 12.7 Å². The fraction of sp³-hybridized carbons (Fsp3) is 0.400. The van der Waals surface area contributed by atoms with Gasteiger partial charge in [-0.3, -0.25) is 14.4 Å². The number of benzene rings is 2. The molecule has 0 spiro atoms. The first kappa shape index (κ1) is 26.2. The summed E-state index contributed by atoms with van der Waals surface area (Å²) in [5, 5.41) is 2.85. The van der Waals surface area contributed by atoms with Gasteiger partial charge in [0, 0.05) is 25.6 Å². The Hall–Kier alpha value is -3.40. The van der Waals surface area contributed by atoms with Crippen molar-refractivity contribution < 1.29 is 27.5 Å². The number of fused-ring (bicyclic) bond motifs is 1. The van der Waals surface area contributed by atoms with Crippen LogP contribution in [0.5, 0.6) is 5.75 Å². The smallest absolute Gasteiger partial charge is 0.269 e. The number of nitrogens with one attached hydrogen (secondary N) is 1. The van der Waals surface area contributed by atoms with E-state index in [1.807, 2.05) is 26.8 Å². The van der Waals surface area contributed by atoms with Crippen LogP contribution in [-0.2, 0) is 26.2 Å². The fourth-order valence-electron chi connectivity index (χ4n) is 4.06. The number of methoxy groups -OCH3 is 1. The van der Waals surface area contributed by atoms with Crippen molar-refractivity contribution in [3.63, 3.8) is 0 Å². The molecular weight excluding hydrogens is 470 g/mol. The molecule has 188 valence electrons. The van der Waals surface area contributed by atoms with Gasteiger partial charge in [-0.2, -0.15) is 0 Å². The molecule has 0 aromatic heterocycles. The zero-order valence-electron chi connectivity index (χ0n) is 20.4. The molecule has 0 radical (unpaired) electrons. The molecule has 1 heterocycles. The monoisotopic (exact) mass is 501 g/mol. The summed E-state index contributed by atoms with van der Waals surface area (Å²) >= 11 is 0. The van der Waals surface area contributed by atoms with Gasteiger partial charge in [0.1, 0.15) is 16.7 Å². The first-order valence-electron chi connectivity index (χ1n) is 11.5. The Morgan fingerprint density at radius 1 is 1.11 bits per heavy atom. The van der Waals surface area contributed by atoms with Gasteiger partial charge in [0.25, 0.3) is 15.9 Å². The number of rotatable bonds is 10. The van der Waals surface area contributed by atoms with E-state index in [2.05, 4.69) is 5.32 Å². The van der Waals surface area contributed by atoms with Crippen LogP contribution in [0.1, 0.15) is 49.5 Å². The zero-order valence-corrected chi connectivity index (χ0v) is 21.2. The fourth-order valence-corrected chi connectivity index (χ4v) is 5.63. The van der Waals surface area contributed by atoms with Crippen molar-refractivity contribution in [2.24, 2.45) is 0 Å². The molecule has 1 atom stereocenters. The zero-order chi connectivity index (χ0) is 25.8. The lowest BCUT2D eigenvalue weighted by Gasteiger charge is -2.31. The minimum absolute atomic E-state index is 0.0616. The van der Waals surface area contributed by atoms with Crippen molar-refractivity contribution in [1.82, 2.24) is 14.5 Å². The summed E-state index contributed by atoms with van der Waals surface area (Å²) in [6.45, 7) is 5.29. The normalized spacial score (nSPS) is 15.0. The van der Waals surface area contributed by atoms with Crippen LogP contribution in [-0.4, -0.2) is 61.1 Å². The van der Waals surface area contributed by atoms with E-state index >= 15 is 0 Å². The number of sulfonamides is 1. The van der Waals surface area contributed by atoms with Crippen LogP contribution in [0.3, 0.4) is 0 Å². The molecule has 2 aromatic rings. The molecule has 1 aliphatic heterocycles. The Balaban J connectivity index is 1.84. The molecule has 1 N–H and O–H groups in total. The predicted octanol–water partition coefficient (Wildman–Crippen LogP) is 2.56. The van der Waals surface area contributed by atoms with Gasteiger partial charge in [0.2, 0.25) is 11.8 Å². The average Bonchev–Trinajstić information content (AvgIpc) is 3.02. The van der Waals surface area contributed by atoms with Gasteiger partial charge in [-0.15, -0.1) is 0 Å². The highest BCUT2D eigenvalue weighted by atomic mass is 32.2. The minimum Gasteiger partial charge on any atom is -0.497 e. The van der Waals surface area contributed by atoms with Crippen LogP contribution in [0.15, 0.2) is 53.4 Å². The van der Waals surface area contributed by atoms with E-state index in [0.29, 0.717) is 12.2 Å². The Bertz CT molecular complexity index is 1210. The molecule has 3 rings (SSSR count).